The normalized spacial score (nSPS) is 10.0. The van der Waals surface area contributed by atoms with Crippen LogP contribution in [0.25, 0.3) is 0 Å². The van der Waals surface area contributed by atoms with Gasteiger partial charge in [-0.05, 0) is 29.8 Å². The molecule has 0 aliphatic carbocycles. The van der Waals surface area contributed by atoms with E-state index in [-0.39, 0.29) is 13.2 Å². The van der Waals surface area contributed by atoms with Crippen LogP contribution < -0.4 is 9.47 Å². The summed E-state index contributed by atoms with van der Waals surface area (Å²) < 4.78 is 11.2. The van der Waals surface area contributed by atoms with Crippen LogP contribution in [0.15, 0.2) is 49.1 Å². The third kappa shape index (κ3) is 4.39. The third-order valence-electron chi connectivity index (χ3n) is 3.42. The lowest BCUT2D eigenvalue weighted by atomic mass is 10.0. The molecule has 4 heteroatoms. The number of rotatable bonds is 8. The van der Waals surface area contributed by atoms with E-state index >= 15 is 0 Å². The summed E-state index contributed by atoms with van der Waals surface area (Å²) in [6.45, 7) is 3.93. The molecule has 124 valence electrons. The fourth-order valence-corrected chi connectivity index (χ4v) is 2.25. The largest absolute Gasteiger partial charge is 0.490 e. The molecule has 0 atom stereocenters. The Kier molecular flexibility index (Phi) is 6.44. The quantitative estimate of drug-likeness (QED) is 0.579. The molecule has 0 aromatic heterocycles. The lowest BCUT2D eigenvalue weighted by Crippen LogP contribution is -2.03. The average molecular weight is 324 g/mol. The summed E-state index contributed by atoms with van der Waals surface area (Å²) in [4.78, 5) is 0. The first kappa shape index (κ1) is 17.6. The number of terminal acetylenes is 1. The van der Waals surface area contributed by atoms with E-state index in [4.69, 9.17) is 15.9 Å². The van der Waals surface area contributed by atoms with Crippen molar-refractivity contribution in [1.29, 1.82) is 0 Å². The second-order valence-corrected chi connectivity index (χ2v) is 5.12. The molecule has 0 unspecified atom stereocenters. The molecular weight excluding hydrogens is 304 g/mol. The monoisotopic (exact) mass is 324 g/mol. The minimum Gasteiger partial charge on any atom is -0.490 e. The van der Waals surface area contributed by atoms with Crippen LogP contribution in [0, 0.1) is 12.3 Å². The first-order valence-corrected chi connectivity index (χ1v) is 7.51. The van der Waals surface area contributed by atoms with E-state index < -0.39 is 0 Å². The van der Waals surface area contributed by atoms with Crippen LogP contribution in [-0.4, -0.2) is 16.8 Å². The van der Waals surface area contributed by atoms with Crippen molar-refractivity contribution in [1.82, 2.24) is 0 Å². The van der Waals surface area contributed by atoms with Crippen molar-refractivity contribution in [2.75, 3.05) is 6.61 Å². The number of aliphatic hydroxyl groups is 2. The SMILES string of the molecule is C#Cc1cc(CO)c(OCc2ccc(OCC=C)cc2)c(CO)c1. The predicted molar refractivity (Wildman–Crippen MR) is 92.7 cm³/mol. The molecule has 0 fully saturated rings. The molecular formula is C20H20O4. The van der Waals surface area contributed by atoms with Crippen molar-refractivity contribution in [3.63, 3.8) is 0 Å². The zero-order valence-electron chi connectivity index (χ0n) is 13.4. The fourth-order valence-electron chi connectivity index (χ4n) is 2.25. The van der Waals surface area contributed by atoms with Gasteiger partial charge >= 0.3 is 0 Å². The molecule has 0 saturated carbocycles. The molecule has 2 aromatic rings. The molecule has 0 aliphatic heterocycles. The molecule has 24 heavy (non-hydrogen) atoms. The fraction of sp³-hybridized carbons (Fsp3) is 0.200. The number of hydrogen-bond donors (Lipinski definition) is 2. The van der Waals surface area contributed by atoms with Gasteiger partial charge in [0.2, 0.25) is 0 Å². The van der Waals surface area contributed by atoms with Crippen molar-refractivity contribution in [2.24, 2.45) is 0 Å². The van der Waals surface area contributed by atoms with Gasteiger partial charge < -0.3 is 19.7 Å². The highest BCUT2D eigenvalue weighted by atomic mass is 16.5. The standard InChI is InChI=1S/C20H20O4/c1-3-9-23-19-7-5-16(6-8-19)14-24-20-17(12-21)10-15(4-2)11-18(20)13-22/h2-3,5-8,10-11,21-22H,1,9,12-14H2. The van der Waals surface area contributed by atoms with Crippen LogP contribution in [0.1, 0.15) is 22.3 Å². The highest BCUT2D eigenvalue weighted by molar-refractivity contribution is 5.49. The summed E-state index contributed by atoms with van der Waals surface area (Å²) >= 11 is 0. The Morgan fingerprint density at radius 2 is 1.67 bits per heavy atom. The Balaban J connectivity index is 2.13. The molecule has 4 nitrogen and oxygen atoms in total. The molecule has 0 spiro atoms. The van der Waals surface area contributed by atoms with E-state index in [0.29, 0.717) is 35.7 Å². The van der Waals surface area contributed by atoms with Gasteiger partial charge in [0, 0.05) is 16.7 Å². The van der Waals surface area contributed by atoms with E-state index in [0.717, 1.165) is 11.3 Å². The molecule has 0 heterocycles. The van der Waals surface area contributed by atoms with E-state index in [1.54, 1.807) is 18.2 Å². The van der Waals surface area contributed by atoms with Gasteiger partial charge in [0.1, 0.15) is 24.7 Å². The maximum atomic E-state index is 9.52. The summed E-state index contributed by atoms with van der Waals surface area (Å²) in [6.07, 6.45) is 7.07. The van der Waals surface area contributed by atoms with Gasteiger partial charge in [-0.15, -0.1) is 6.42 Å². The number of benzene rings is 2. The Bertz CT molecular complexity index is 701. The van der Waals surface area contributed by atoms with Gasteiger partial charge in [-0.1, -0.05) is 30.7 Å². The Hall–Kier alpha value is -2.74. The number of hydrogen-bond acceptors (Lipinski definition) is 4. The molecule has 2 rings (SSSR count). The Labute approximate surface area is 142 Å². The van der Waals surface area contributed by atoms with Crippen LogP contribution in [0.3, 0.4) is 0 Å². The van der Waals surface area contributed by atoms with Gasteiger partial charge in [0.05, 0.1) is 13.2 Å². The van der Waals surface area contributed by atoms with E-state index in [1.807, 2.05) is 24.3 Å². The smallest absolute Gasteiger partial charge is 0.130 e. The summed E-state index contributed by atoms with van der Waals surface area (Å²) in [5, 5.41) is 19.0. The second kappa shape index (κ2) is 8.78. The Morgan fingerprint density at radius 1 is 1.04 bits per heavy atom. The van der Waals surface area contributed by atoms with E-state index in [9.17, 15) is 10.2 Å². The van der Waals surface area contributed by atoms with Crippen LogP contribution in [0.2, 0.25) is 0 Å². The molecule has 0 bridgehead atoms. The van der Waals surface area contributed by atoms with Crippen molar-refractivity contribution < 1.29 is 19.7 Å². The average Bonchev–Trinajstić information content (AvgIpc) is 2.64. The van der Waals surface area contributed by atoms with Crippen LogP contribution in [0.5, 0.6) is 11.5 Å². The maximum Gasteiger partial charge on any atom is 0.130 e. The van der Waals surface area contributed by atoms with Gasteiger partial charge in [-0.2, -0.15) is 0 Å². The molecule has 0 aliphatic rings. The summed E-state index contributed by atoms with van der Waals surface area (Å²) in [7, 11) is 0. The predicted octanol–water partition coefficient (Wildman–Crippen LogP) is 2.80. The van der Waals surface area contributed by atoms with Gasteiger partial charge in [-0.25, -0.2) is 0 Å². The third-order valence-corrected chi connectivity index (χ3v) is 3.42. The zero-order valence-corrected chi connectivity index (χ0v) is 13.4. The molecule has 0 saturated heterocycles. The lowest BCUT2D eigenvalue weighted by Gasteiger charge is -2.15. The second-order valence-electron chi connectivity index (χ2n) is 5.12. The van der Waals surface area contributed by atoms with E-state index in [2.05, 4.69) is 12.5 Å². The molecule has 2 N–H and O–H groups in total. The summed E-state index contributed by atoms with van der Waals surface area (Å²) in [5.74, 6) is 3.72. The lowest BCUT2D eigenvalue weighted by molar-refractivity contribution is 0.242. The van der Waals surface area contributed by atoms with Gasteiger partial charge in [0.25, 0.3) is 0 Å². The van der Waals surface area contributed by atoms with Gasteiger partial charge in [-0.3, -0.25) is 0 Å². The minimum atomic E-state index is -0.216. The van der Waals surface area contributed by atoms with Crippen LogP contribution in [-0.2, 0) is 19.8 Å². The molecule has 0 radical (unpaired) electrons. The van der Waals surface area contributed by atoms with E-state index in [1.165, 1.54) is 0 Å². The first-order valence-electron chi connectivity index (χ1n) is 7.51. The molecule has 0 amide bonds. The highest BCUT2D eigenvalue weighted by Gasteiger charge is 2.11. The van der Waals surface area contributed by atoms with Crippen LogP contribution >= 0.6 is 0 Å². The first-order chi connectivity index (χ1) is 11.7. The zero-order chi connectivity index (χ0) is 17.4. The maximum absolute atomic E-state index is 9.52. The topological polar surface area (TPSA) is 58.9 Å². The van der Waals surface area contributed by atoms with Crippen molar-refractivity contribution >= 4 is 0 Å². The highest BCUT2D eigenvalue weighted by Crippen LogP contribution is 2.27. The summed E-state index contributed by atoms with van der Waals surface area (Å²) in [6, 6.07) is 10.9. The Morgan fingerprint density at radius 3 is 2.17 bits per heavy atom. The van der Waals surface area contributed by atoms with Crippen LogP contribution in [0.4, 0.5) is 0 Å². The molecule has 2 aromatic carbocycles. The number of ether oxygens (including phenoxy) is 2. The minimum absolute atomic E-state index is 0.216. The van der Waals surface area contributed by atoms with Crippen molar-refractivity contribution in [2.45, 2.75) is 19.8 Å². The van der Waals surface area contributed by atoms with Gasteiger partial charge in [0.15, 0.2) is 0 Å². The van der Waals surface area contributed by atoms with Crippen molar-refractivity contribution in [3.8, 4) is 23.8 Å². The van der Waals surface area contributed by atoms with Crippen molar-refractivity contribution in [3.05, 3.63) is 71.3 Å². The number of aliphatic hydroxyl groups excluding tert-OH is 2. The summed E-state index contributed by atoms with van der Waals surface area (Å²) in [5.41, 5.74) is 2.65.